The van der Waals surface area contributed by atoms with Crippen molar-refractivity contribution in [1.29, 1.82) is 10.5 Å². The third-order valence-electron chi connectivity index (χ3n) is 2.42. The summed E-state index contributed by atoms with van der Waals surface area (Å²) < 4.78 is 0. The van der Waals surface area contributed by atoms with Crippen LogP contribution in [0.25, 0.3) is 0 Å². The Hall–Kier alpha value is -2.00. The van der Waals surface area contributed by atoms with Gasteiger partial charge in [-0.25, -0.2) is 0 Å². The zero-order valence-electron chi connectivity index (χ0n) is 9.64. The molecular formula is C13H15N3. The first kappa shape index (κ1) is 12.1. The number of hydrogen-bond donors (Lipinski definition) is 0. The number of rotatable bonds is 4. The van der Waals surface area contributed by atoms with Crippen LogP contribution in [-0.4, -0.2) is 12.6 Å². The maximum Gasteiger partial charge on any atom is 0.0991 e. The molecule has 1 rings (SSSR count). The molecule has 0 fully saturated rings. The molecule has 0 unspecified atom stereocenters. The highest BCUT2D eigenvalue weighted by Crippen LogP contribution is 2.17. The molecule has 0 atom stereocenters. The molecule has 1 aromatic carbocycles. The van der Waals surface area contributed by atoms with Crippen molar-refractivity contribution >= 4 is 5.69 Å². The van der Waals surface area contributed by atoms with E-state index in [0.717, 1.165) is 12.2 Å². The van der Waals surface area contributed by atoms with E-state index < -0.39 is 0 Å². The highest BCUT2D eigenvalue weighted by molar-refractivity contribution is 5.50. The van der Waals surface area contributed by atoms with Crippen LogP contribution in [0.1, 0.15) is 25.8 Å². The van der Waals surface area contributed by atoms with Gasteiger partial charge in [0.25, 0.3) is 0 Å². The minimum Gasteiger partial charge on any atom is -0.368 e. The van der Waals surface area contributed by atoms with E-state index in [1.165, 1.54) is 0 Å². The van der Waals surface area contributed by atoms with E-state index in [1.807, 2.05) is 12.1 Å². The van der Waals surface area contributed by atoms with Gasteiger partial charge < -0.3 is 4.90 Å². The largest absolute Gasteiger partial charge is 0.368 e. The lowest BCUT2D eigenvalue weighted by atomic mass is 10.2. The Morgan fingerprint density at radius 2 is 1.81 bits per heavy atom. The van der Waals surface area contributed by atoms with Gasteiger partial charge in [0, 0.05) is 18.3 Å². The molecule has 0 aliphatic carbocycles. The normalized spacial score (nSPS) is 9.56. The maximum atomic E-state index is 8.71. The van der Waals surface area contributed by atoms with E-state index >= 15 is 0 Å². The number of nitriles is 2. The second-order valence-electron chi connectivity index (χ2n) is 3.85. The fourth-order valence-corrected chi connectivity index (χ4v) is 1.58. The fraction of sp³-hybridized carbons (Fsp3) is 0.385. The summed E-state index contributed by atoms with van der Waals surface area (Å²) in [6.45, 7) is 4.91. The summed E-state index contributed by atoms with van der Waals surface area (Å²) in [6, 6.07) is 12.1. The van der Waals surface area contributed by atoms with Gasteiger partial charge in [-0.1, -0.05) is 0 Å². The Bertz CT molecular complexity index is 406. The van der Waals surface area contributed by atoms with Gasteiger partial charge in [-0.05, 0) is 38.1 Å². The molecule has 0 bridgehead atoms. The predicted molar refractivity (Wildman–Crippen MR) is 63.9 cm³/mol. The molecule has 0 heterocycles. The molecule has 0 aromatic heterocycles. The van der Waals surface area contributed by atoms with Crippen LogP contribution in [0.3, 0.4) is 0 Å². The summed E-state index contributed by atoms with van der Waals surface area (Å²) in [5, 5.41) is 17.3. The van der Waals surface area contributed by atoms with Crippen molar-refractivity contribution in [3.8, 4) is 12.1 Å². The lowest BCUT2D eigenvalue weighted by Crippen LogP contribution is -2.31. The average molecular weight is 213 g/mol. The van der Waals surface area contributed by atoms with E-state index in [9.17, 15) is 0 Å². The second-order valence-corrected chi connectivity index (χ2v) is 3.85. The number of benzene rings is 1. The third-order valence-corrected chi connectivity index (χ3v) is 2.42. The molecule has 0 aliphatic heterocycles. The third kappa shape index (κ3) is 3.00. The molecule has 0 aliphatic rings. The number of anilines is 1. The molecule has 0 saturated heterocycles. The van der Waals surface area contributed by atoms with E-state index in [-0.39, 0.29) is 0 Å². The first-order chi connectivity index (χ1) is 7.69. The predicted octanol–water partition coefficient (Wildman–Crippen LogP) is 2.69. The first-order valence-corrected chi connectivity index (χ1v) is 5.32. The number of hydrogen-bond acceptors (Lipinski definition) is 3. The quantitative estimate of drug-likeness (QED) is 0.772. The second kappa shape index (κ2) is 5.78. The lowest BCUT2D eigenvalue weighted by Gasteiger charge is -2.28. The molecule has 0 saturated carbocycles. The van der Waals surface area contributed by atoms with E-state index in [2.05, 4.69) is 30.9 Å². The Morgan fingerprint density at radius 1 is 1.19 bits per heavy atom. The summed E-state index contributed by atoms with van der Waals surface area (Å²) in [4.78, 5) is 2.16. The van der Waals surface area contributed by atoms with Crippen molar-refractivity contribution in [3.05, 3.63) is 29.8 Å². The summed E-state index contributed by atoms with van der Waals surface area (Å²) in [7, 11) is 0. The van der Waals surface area contributed by atoms with Crippen molar-refractivity contribution in [2.45, 2.75) is 26.3 Å². The monoisotopic (exact) mass is 213 g/mol. The summed E-state index contributed by atoms with van der Waals surface area (Å²) in [5.41, 5.74) is 1.72. The highest BCUT2D eigenvalue weighted by Gasteiger charge is 2.09. The Labute approximate surface area is 96.5 Å². The van der Waals surface area contributed by atoms with Gasteiger partial charge >= 0.3 is 0 Å². The standard InChI is InChI=1S/C13H15N3/c1-11(2)16(9-3-8-14)13-6-4-12(10-15)5-7-13/h4-7,11H,3,9H2,1-2H3. The van der Waals surface area contributed by atoms with Crippen LogP contribution in [0, 0.1) is 22.7 Å². The molecule has 3 nitrogen and oxygen atoms in total. The van der Waals surface area contributed by atoms with Crippen molar-refractivity contribution in [2.75, 3.05) is 11.4 Å². The lowest BCUT2D eigenvalue weighted by molar-refractivity contribution is 0.687. The maximum absolute atomic E-state index is 8.71. The first-order valence-electron chi connectivity index (χ1n) is 5.32. The smallest absolute Gasteiger partial charge is 0.0991 e. The van der Waals surface area contributed by atoms with Gasteiger partial charge in [0.05, 0.1) is 24.1 Å². The molecule has 0 amide bonds. The van der Waals surface area contributed by atoms with Gasteiger partial charge in [-0.15, -0.1) is 0 Å². The van der Waals surface area contributed by atoms with Gasteiger partial charge in [0.1, 0.15) is 0 Å². The SMILES string of the molecule is CC(C)N(CCC#N)c1ccc(C#N)cc1. The number of nitrogens with zero attached hydrogens (tertiary/aromatic N) is 3. The average Bonchev–Trinajstić information content (AvgIpc) is 2.30. The molecule has 0 N–H and O–H groups in total. The van der Waals surface area contributed by atoms with Crippen LogP contribution in [-0.2, 0) is 0 Å². The van der Waals surface area contributed by atoms with Gasteiger partial charge in [-0.3, -0.25) is 0 Å². The van der Waals surface area contributed by atoms with Gasteiger partial charge in [0.2, 0.25) is 0 Å². The van der Waals surface area contributed by atoms with Crippen LogP contribution < -0.4 is 4.90 Å². The summed E-state index contributed by atoms with van der Waals surface area (Å²) in [6.07, 6.45) is 0.512. The molecule has 3 heteroatoms. The highest BCUT2D eigenvalue weighted by atomic mass is 15.1. The summed E-state index contributed by atoms with van der Waals surface area (Å²) >= 11 is 0. The van der Waals surface area contributed by atoms with Crippen molar-refractivity contribution < 1.29 is 0 Å². The van der Waals surface area contributed by atoms with E-state index in [0.29, 0.717) is 18.0 Å². The summed E-state index contributed by atoms with van der Waals surface area (Å²) in [5.74, 6) is 0. The fourth-order valence-electron chi connectivity index (χ4n) is 1.58. The van der Waals surface area contributed by atoms with Crippen LogP contribution in [0.2, 0.25) is 0 Å². The van der Waals surface area contributed by atoms with E-state index in [4.69, 9.17) is 10.5 Å². The molecule has 0 spiro atoms. The molecular weight excluding hydrogens is 198 g/mol. The minimum atomic E-state index is 0.348. The topological polar surface area (TPSA) is 50.8 Å². The van der Waals surface area contributed by atoms with Gasteiger partial charge in [-0.2, -0.15) is 10.5 Å². The Balaban J connectivity index is 2.85. The van der Waals surface area contributed by atoms with Crippen molar-refractivity contribution in [2.24, 2.45) is 0 Å². The molecule has 16 heavy (non-hydrogen) atoms. The minimum absolute atomic E-state index is 0.348. The van der Waals surface area contributed by atoms with Crippen LogP contribution >= 0.6 is 0 Å². The zero-order valence-corrected chi connectivity index (χ0v) is 9.64. The molecule has 0 radical (unpaired) electrons. The van der Waals surface area contributed by atoms with Crippen LogP contribution in [0.5, 0.6) is 0 Å². The Morgan fingerprint density at radius 3 is 2.25 bits per heavy atom. The van der Waals surface area contributed by atoms with Crippen molar-refractivity contribution in [3.63, 3.8) is 0 Å². The molecule has 1 aromatic rings. The van der Waals surface area contributed by atoms with Crippen molar-refractivity contribution in [1.82, 2.24) is 0 Å². The zero-order chi connectivity index (χ0) is 12.0. The van der Waals surface area contributed by atoms with Gasteiger partial charge in [0.15, 0.2) is 0 Å². The molecule has 82 valence electrons. The van der Waals surface area contributed by atoms with Crippen LogP contribution in [0.4, 0.5) is 5.69 Å². The van der Waals surface area contributed by atoms with E-state index in [1.54, 1.807) is 12.1 Å². The Kier molecular flexibility index (Phi) is 4.36. The van der Waals surface area contributed by atoms with Crippen LogP contribution in [0.15, 0.2) is 24.3 Å².